The predicted molar refractivity (Wildman–Crippen MR) is 354 cm³/mol. The number of aryl methyl sites for hydroxylation is 4. The highest BCUT2D eigenvalue weighted by atomic mass is 35.5. The van der Waals surface area contributed by atoms with Gasteiger partial charge < -0.3 is 20.7 Å². The van der Waals surface area contributed by atoms with Gasteiger partial charge in [-0.1, -0.05) is 169 Å². The van der Waals surface area contributed by atoms with Crippen LogP contribution in [0.4, 0.5) is 34.3 Å². The first-order valence-corrected chi connectivity index (χ1v) is 28.4. The van der Waals surface area contributed by atoms with E-state index in [1.165, 1.54) is 0 Å². The van der Waals surface area contributed by atoms with Crippen LogP contribution in [0.25, 0.3) is 21.8 Å². The van der Waals surface area contributed by atoms with E-state index < -0.39 is 0 Å². The first kappa shape index (κ1) is 57.7. The number of hydrogen-bond acceptors (Lipinski definition) is 10. The summed E-state index contributed by atoms with van der Waals surface area (Å²) in [6.45, 7) is 10.6. The predicted octanol–water partition coefficient (Wildman–Crippen LogP) is 19.7. The maximum Gasteiger partial charge on any atom is 0.237 e. The van der Waals surface area contributed by atoms with Crippen molar-refractivity contribution >= 4 is 142 Å². The van der Waals surface area contributed by atoms with Gasteiger partial charge in [0.15, 0.2) is 0 Å². The molecule has 0 amide bonds. The third kappa shape index (κ3) is 14.5. The zero-order chi connectivity index (χ0) is 57.0. The first-order valence-electron chi connectivity index (χ1n) is 26.0. The third-order valence-electron chi connectivity index (χ3n) is 13.1. The Morgan fingerprint density at radius 1 is 0.420 bits per heavy atom. The van der Waals surface area contributed by atoms with Gasteiger partial charge >= 0.3 is 0 Å². The zero-order valence-electron chi connectivity index (χ0n) is 45.0. The van der Waals surface area contributed by atoms with Crippen LogP contribution in [0, 0.1) is 27.7 Å². The van der Waals surface area contributed by atoms with E-state index in [0.29, 0.717) is 27.6 Å². The maximum atomic E-state index is 6.57. The quantitative estimate of drug-likeness (QED) is 0.0723. The lowest BCUT2D eigenvalue weighted by atomic mass is 10.00. The van der Waals surface area contributed by atoms with Crippen molar-refractivity contribution in [2.75, 3.05) is 22.6 Å². The normalized spacial score (nSPS) is 10.7. The molecule has 0 aliphatic carbocycles. The number of fused-ring (bicyclic) bond motifs is 2. The molecular formula is C68H55Cl3N6OS3. The summed E-state index contributed by atoms with van der Waals surface area (Å²) in [5, 5.41) is 14.1. The average Bonchev–Trinajstić information content (AvgIpc) is 3.46. The van der Waals surface area contributed by atoms with E-state index in [1.54, 1.807) is 6.20 Å². The van der Waals surface area contributed by atoms with Gasteiger partial charge in [0.1, 0.15) is 11.5 Å². The lowest BCUT2D eigenvalue weighted by molar-refractivity contribution is 0.329. The fourth-order valence-corrected chi connectivity index (χ4v) is 11.1. The second-order valence-corrected chi connectivity index (χ2v) is 21.4. The Morgan fingerprint density at radius 3 is 1.41 bits per heavy atom. The molecule has 0 spiro atoms. The number of anilines is 6. The minimum absolute atomic E-state index is 0.552. The Kier molecular flexibility index (Phi) is 19.3. The van der Waals surface area contributed by atoms with Crippen molar-refractivity contribution < 1.29 is 4.74 Å². The highest BCUT2D eigenvalue weighted by Gasteiger charge is 2.16. The number of para-hydroxylation sites is 1. The van der Waals surface area contributed by atoms with Crippen molar-refractivity contribution in [1.29, 1.82) is 0 Å². The van der Waals surface area contributed by atoms with E-state index in [-0.39, 0.29) is 0 Å². The maximum absolute atomic E-state index is 6.57. The topological polar surface area (TPSA) is 84.0 Å². The Hall–Kier alpha value is -7.93. The van der Waals surface area contributed by atoms with Gasteiger partial charge in [-0.2, -0.15) is 0 Å². The molecule has 8 aromatic carbocycles. The lowest BCUT2D eigenvalue weighted by Crippen LogP contribution is -2.04. The van der Waals surface area contributed by atoms with Gasteiger partial charge in [-0.3, -0.25) is 4.98 Å². The summed E-state index contributed by atoms with van der Waals surface area (Å²) in [6.07, 6.45) is 1.70. The number of ether oxygens (including phenoxy) is 1. The van der Waals surface area contributed by atoms with Gasteiger partial charge in [0.05, 0.1) is 47.3 Å². The van der Waals surface area contributed by atoms with E-state index in [4.69, 9.17) is 76.2 Å². The molecule has 11 aromatic rings. The fraction of sp³-hybridized carbons (Fsp3) is 0.0882. The van der Waals surface area contributed by atoms with Gasteiger partial charge in [-0.25, -0.2) is 9.97 Å². The largest absolute Gasteiger partial charge is 0.476 e. The molecule has 0 bridgehead atoms. The summed E-state index contributed by atoms with van der Waals surface area (Å²) in [4.78, 5) is 15.7. The summed E-state index contributed by atoms with van der Waals surface area (Å²) >= 11 is 36.6. The summed E-state index contributed by atoms with van der Waals surface area (Å²) in [5.74, 6) is 1.34. The van der Waals surface area contributed by atoms with Crippen LogP contribution in [0.15, 0.2) is 212 Å². The van der Waals surface area contributed by atoms with E-state index in [1.807, 2.05) is 203 Å². The standard InChI is InChI=1S/C24H19ClN2S.C23H17ClN2S.C21H19ClN2OS/c1-15-5-3-4-6-20(15)24(28)21-11-9-19(14-22(21)25)27-18-10-12-23-17(13-18)8-7-16(2)26-23;1-15-6-2-4-8-18(15)23(27)19-12-11-17(14-20(19)24)25-22-13-10-16-7-3-5-9-21(16)26-22;1-3-25-21-19(9-6-12-23-21)24-15-10-11-17(18(22)13-15)20(26)16-8-5-4-7-14(16)2/h3-14,27H,1-2H3;2-14H,1H3,(H,25,26);4-13,24H,3H2,1-2H3. The van der Waals surface area contributed by atoms with Crippen molar-refractivity contribution in [2.45, 2.75) is 34.6 Å². The third-order valence-corrected chi connectivity index (χ3v) is 15.4. The molecule has 7 nitrogen and oxygen atoms in total. The van der Waals surface area contributed by atoms with Gasteiger partial charge in [-0.15, -0.1) is 0 Å². The molecule has 13 heteroatoms. The number of rotatable bonds is 14. The number of thiocarbonyl (C=S) groups is 3. The van der Waals surface area contributed by atoms with Crippen molar-refractivity contribution in [1.82, 2.24) is 15.0 Å². The SMILES string of the molecule is CCOc1ncccc1Nc1ccc(C(=S)c2ccccc2C)c(Cl)c1.Cc1ccc2cc(Nc3ccc(C(=S)c4ccccc4C)c(Cl)c3)ccc2n1.Cc1ccccc1C(=S)c1ccc(Nc2ccc3ccccc3n2)cc1Cl. The fourth-order valence-electron chi connectivity index (χ4n) is 8.90. The Balaban J connectivity index is 0.000000147. The summed E-state index contributed by atoms with van der Waals surface area (Å²) in [7, 11) is 0. The average molecular weight is 1170 g/mol. The summed E-state index contributed by atoms with van der Waals surface area (Å²) in [6, 6.07) is 67.7. The van der Waals surface area contributed by atoms with Crippen LogP contribution in [-0.4, -0.2) is 36.2 Å². The number of benzene rings is 8. The smallest absolute Gasteiger partial charge is 0.237 e. The van der Waals surface area contributed by atoms with Crippen LogP contribution in [0.2, 0.25) is 15.1 Å². The van der Waals surface area contributed by atoms with Crippen LogP contribution in [0.3, 0.4) is 0 Å². The van der Waals surface area contributed by atoms with E-state index >= 15 is 0 Å². The molecule has 11 rings (SSSR count). The minimum Gasteiger partial charge on any atom is -0.476 e. The lowest BCUT2D eigenvalue weighted by Gasteiger charge is -2.13. The van der Waals surface area contributed by atoms with Gasteiger partial charge in [0.25, 0.3) is 0 Å². The van der Waals surface area contributed by atoms with Crippen LogP contribution in [0.5, 0.6) is 5.88 Å². The second-order valence-electron chi connectivity index (χ2n) is 18.9. The number of nitrogens with zero attached hydrogens (tertiary/aromatic N) is 3. The van der Waals surface area contributed by atoms with E-state index in [2.05, 4.69) is 69.0 Å². The molecule has 3 heterocycles. The molecular weight excluding hydrogens is 1120 g/mol. The second kappa shape index (κ2) is 27.0. The minimum atomic E-state index is 0.552. The molecule has 3 aromatic heterocycles. The van der Waals surface area contributed by atoms with Crippen LogP contribution < -0.4 is 20.7 Å². The molecule has 0 aliphatic rings. The number of nitrogens with one attached hydrogen (secondary N) is 3. The molecule has 0 unspecified atom stereocenters. The van der Waals surface area contributed by atoms with E-state index in [0.717, 1.165) is 126 Å². The van der Waals surface area contributed by atoms with Crippen molar-refractivity contribution in [3.05, 3.63) is 283 Å². The molecule has 0 saturated carbocycles. The molecule has 0 aliphatic heterocycles. The molecule has 81 heavy (non-hydrogen) atoms. The van der Waals surface area contributed by atoms with Crippen LogP contribution >= 0.6 is 71.5 Å². The van der Waals surface area contributed by atoms with E-state index in [9.17, 15) is 0 Å². The molecule has 3 N–H and O–H groups in total. The molecule has 0 saturated heterocycles. The van der Waals surface area contributed by atoms with Gasteiger partial charge in [0, 0.05) is 62.1 Å². The van der Waals surface area contributed by atoms with Crippen molar-refractivity contribution in [3.8, 4) is 5.88 Å². The number of hydrogen-bond donors (Lipinski definition) is 3. The highest BCUT2D eigenvalue weighted by molar-refractivity contribution is 7.81. The summed E-state index contributed by atoms with van der Waals surface area (Å²) in [5.41, 5.74) is 16.5. The number of halogens is 3. The zero-order valence-corrected chi connectivity index (χ0v) is 49.7. The number of pyridine rings is 3. The Labute approximate surface area is 504 Å². The molecule has 402 valence electrons. The molecule has 0 radical (unpaired) electrons. The Morgan fingerprint density at radius 2 is 0.877 bits per heavy atom. The highest BCUT2D eigenvalue weighted by Crippen LogP contribution is 2.32. The van der Waals surface area contributed by atoms with Crippen molar-refractivity contribution in [3.63, 3.8) is 0 Å². The summed E-state index contributed by atoms with van der Waals surface area (Å²) < 4.78 is 5.55. The first-order chi connectivity index (χ1) is 39.2. The monoisotopic (exact) mass is 1170 g/mol. The number of aromatic nitrogens is 3. The molecule has 0 fully saturated rings. The Bertz CT molecular complexity index is 4130. The van der Waals surface area contributed by atoms with Gasteiger partial charge in [0.2, 0.25) is 5.88 Å². The van der Waals surface area contributed by atoms with Crippen LogP contribution in [-0.2, 0) is 0 Å². The van der Waals surface area contributed by atoms with Crippen molar-refractivity contribution in [2.24, 2.45) is 0 Å². The molecule has 0 atom stereocenters. The van der Waals surface area contributed by atoms with Crippen LogP contribution in [0.1, 0.15) is 62.7 Å². The van der Waals surface area contributed by atoms with Gasteiger partial charge in [-0.05, 0) is 177 Å².